The van der Waals surface area contributed by atoms with E-state index in [0.717, 1.165) is 5.69 Å². The fourth-order valence-electron chi connectivity index (χ4n) is 1.51. The molecule has 1 amide bonds. The van der Waals surface area contributed by atoms with Gasteiger partial charge in [0.05, 0.1) is 5.69 Å². The molecule has 1 aromatic heterocycles. The van der Waals surface area contributed by atoms with Crippen LogP contribution in [0.25, 0.3) is 0 Å². The Morgan fingerprint density at radius 3 is 2.70 bits per heavy atom. The number of nitrogens with two attached hydrogens (primary N) is 1. The number of ether oxygens (including phenoxy) is 1. The molecule has 6 nitrogen and oxygen atoms in total. The number of carbonyl (C=O) groups excluding carboxylic acids is 1. The zero-order valence-electron chi connectivity index (χ0n) is 11.4. The van der Waals surface area contributed by atoms with Gasteiger partial charge in [0.1, 0.15) is 5.75 Å². The molecule has 0 bridgehead atoms. The zero-order valence-corrected chi connectivity index (χ0v) is 11.4. The topological polar surface area (TPSA) is 90.4 Å². The molecule has 0 aliphatic carbocycles. The maximum absolute atomic E-state index is 11.7. The molecule has 106 valence electrons. The molecule has 0 unspecified atom stereocenters. The van der Waals surface area contributed by atoms with E-state index in [2.05, 4.69) is 10.5 Å². The first-order valence-corrected chi connectivity index (χ1v) is 6.29. The first-order valence-electron chi connectivity index (χ1n) is 6.29. The van der Waals surface area contributed by atoms with E-state index < -0.39 is 0 Å². The number of aromatic nitrogens is 1. The number of benzene rings is 1. The van der Waals surface area contributed by atoms with E-state index in [-0.39, 0.29) is 18.4 Å². The van der Waals surface area contributed by atoms with Gasteiger partial charge in [0.25, 0.3) is 5.91 Å². The molecule has 3 N–H and O–H groups in total. The maximum Gasteiger partial charge on any atom is 0.264 e. The zero-order chi connectivity index (χ0) is 14.5. The molecule has 20 heavy (non-hydrogen) atoms. The summed E-state index contributed by atoms with van der Waals surface area (Å²) in [5.74, 6) is 0.832. The number of hydrogen-bond acceptors (Lipinski definition) is 5. The van der Waals surface area contributed by atoms with Gasteiger partial charge in [-0.2, -0.15) is 0 Å². The SMILES string of the molecule is CC(C)c1cc(NC(=O)COc2ccc(N)cc2)on1. The number of hydrogen-bond donors (Lipinski definition) is 2. The summed E-state index contributed by atoms with van der Waals surface area (Å²) >= 11 is 0. The van der Waals surface area contributed by atoms with Crippen molar-refractivity contribution in [3.8, 4) is 5.75 Å². The largest absolute Gasteiger partial charge is 0.484 e. The van der Waals surface area contributed by atoms with E-state index in [9.17, 15) is 4.79 Å². The van der Waals surface area contributed by atoms with Gasteiger partial charge in [0.15, 0.2) is 6.61 Å². The predicted molar refractivity (Wildman–Crippen MR) is 75.6 cm³/mol. The van der Waals surface area contributed by atoms with Gasteiger partial charge in [0.2, 0.25) is 5.88 Å². The number of nitrogens with zero attached hydrogens (tertiary/aromatic N) is 1. The average Bonchev–Trinajstić information content (AvgIpc) is 2.87. The Labute approximate surface area is 116 Å². The van der Waals surface area contributed by atoms with Gasteiger partial charge in [-0.25, -0.2) is 0 Å². The number of rotatable bonds is 5. The summed E-state index contributed by atoms with van der Waals surface area (Å²) in [5, 5.41) is 6.43. The minimum atomic E-state index is -0.312. The Morgan fingerprint density at radius 1 is 1.40 bits per heavy atom. The second-order valence-corrected chi connectivity index (χ2v) is 4.68. The molecule has 2 aromatic rings. The van der Waals surface area contributed by atoms with Crippen LogP contribution in [0, 0.1) is 0 Å². The number of anilines is 2. The minimum Gasteiger partial charge on any atom is -0.484 e. The van der Waals surface area contributed by atoms with Gasteiger partial charge in [-0.15, -0.1) is 0 Å². The number of nitrogen functional groups attached to an aromatic ring is 1. The Bertz CT molecular complexity index is 576. The second kappa shape index (κ2) is 6.10. The summed E-state index contributed by atoms with van der Waals surface area (Å²) in [6.07, 6.45) is 0. The standard InChI is InChI=1S/C14H17N3O3/c1-9(2)12-7-14(20-17-12)16-13(18)8-19-11-5-3-10(15)4-6-11/h3-7,9H,8,15H2,1-2H3,(H,16,18). The normalized spacial score (nSPS) is 10.6. The lowest BCUT2D eigenvalue weighted by molar-refractivity contribution is -0.118. The van der Waals surface area contributed by atoms with Crippen LogP contribution in [-0.4, -0.2) is 17.7 Å². The van der Waals surface area contributed by atoms with E-state index in [1.54, 1.807) is 30.3 Å². The number of carbonyl (C=O) groups is 1. The second-order valence-electron chi connectivity index (χ2n) is 4.68. The first kappa shape index (κ1) is 13.9. The van der Waals surface area contributed by atoms with Gasteiger partial charge < -0.3 is 15.0 Å². The lowest BCUT2D eigenvalue weighted by Gasteiger charge is -2.05. The quantitative estimate of drug-likeness (QED) is 0.818. The van der Waals surface area contributed by atoms with Crippen LogP contribution in [0.3, 0.4) is 0 Å². The summed E-state index contributed by atoms with van der Waals surface area (Å²) < 4.78 is 10.3. The molecule has 0 saturated heterocycles. The smallest absolute Gasteiger partial charge is 0.264 e. The van der Waals surface area contributed by atoms with Crippen molar-refractivity contribution >= 4 is 17.5 Å². The molecular weight excluding hydrogens is 258 g/mol. The molecule has 1 heterocycles. The highest BCUT2D eigenvalue weighted by atomic mass is 16.5. The van der Waals surface area contributed by atoms with Crippen molar-refractivity contribution in [1.82, 2.24) is 5.16 Å². The van der Waals surface area contributed by atoms with Crippen molar-refractivity contribution in [3.63, 3.8) is 0 Å². The fourth-order valence-corrected chi connectivity index (χ4v) is 1.51. The summed E-state index contributed by atoms with van der Waals surface area (Å²) in [7, 11) is 0. The molecule has 6 heteroatoms. The van der Waals surface area contributed by atoms with Gasteiger partial charge in [-0.3, -0.25) is 10.1 Å². The molecular formula is C14H17N3O3. The van der Waals surface area contributed by atoms with Gasteiger partial charge in [0, 0.05) is 11.8 Å². The molecule has 2 rings (SSSR count). The Hall–Kier alpha value is -2.50. The van der Waals surface area contributed by atoms with E-state index >= 15 is 0 Å². The summed E-state index contributed by atoms with van der Waals surface area (Å²) in [6.45, 7) is 3.88. The monoisotopic (exact) mass is 275 g/mol. The van der Waals surface area contributed by atoms with Crippen LogP contribution in [-0.2, 0) is 4.79 Å². The molecule has 0 fully saturated rings. The van der Waals surface area contributed by atoms with E-state index in [4.69, 9.17) is 15.0 Å². The molecule has 0 atom stereocenters. The van der Waals surface area contributed by atoms with Crippen LogP contribution in [0.15, 0.2) is 34.9 Å². The van der Waals surface area contributed by atoms with Crippen LogP contribution in [0.2, 0.25) is 0 Å². The third kappa shape index (κ3) is 3.74. The summed E-state index contributed by atoms with van der Waals surface area (Å²) in [6, 6.07) is 8.52. The molecule has 0 aliphatic heterocycles. The molecule has 1 aromatic carbocycles. The van der Waals surface area contributed by atoms with Crippen molar-refractivity contribution < 1.29 is 14.1 Å². The van der Waals surface area contributed by atoms with Crippen molar-refractivity contribution in [2.75, 3.05) is 17.7 Å². The minimum absolute atomic E-state index is 0.109. The number of amides is 1. The van der Waals surface area contributed by atoms with E-state index in [0.29, 0.717) is 17.3 Å². The average molecular weight is 275 g/mol. The highest BCUT2D eigenvalue weighted by molar-refractivity contribution is 5.90. The van der Waals surface area contributed by atoms with Crippen molar-refractivity contribution in [3.05, 3.63) is 36.0 Å². The Morgan fingerprint density at radius 2 is 2.10 bits per heavy atom. The van der Waals surface area contributed by atoms with Crippen molar-refractivity contribution in [2.45, 2.75) is 19.8 Å². The van der Waals surface area contributed by atoms with Crippen LogP contribution in [0.4, 0.5) is 11.6 Å². The lowest BCUT2D eigenvalue weighted by atomic mass is 10.1. The highest BCUT2D eigenvalue weighted by Gasteiger charge is 2.10. The Kier molecular flexibility index (Phi) is 4.24. The third-order valence-corrected chi connectivity index (χ3v) is 2.63. The summed E-state index contributed by atoms with van der Waals surface area (Å²) in [4.78, 5) is 11.7. The van der Waals surface area contributed by atoms with Crippen molar-refractivity contribution in [2.24, 2.45) is 0 Å². The third-order valence-electron chi connectivity index (χ3n) is 2.63. The molecule has 0 radical (unpaired) electrons. The van der Waals surface area contributed by atoms with E-state index in [1.165, 1.54) is 0 Å². The van der Waals surface area contributed by atoms with E-state index in [1.807, 2.05) is 13.8 Å². The predicted octanol–water partition coefficient (Wildman–Crippen LogP) is 2.40. The van der Waals surface area contributed by atoms with Crippen LogP contribution < -0.4 is 15.8 Å². The lowest BCUT2D eigenvalue weighted by Crippen LogP contribution is -2.19. The van der Waals surface area contributed by atoms with Gasteiger partial charge >= 0.3 is 0 Å². The maximum atomic E-state index is 11.7. The van der Waals surface area contributed by atoms with Gasteiger partial charge in [-0.05, 0) is 30.2 Å². The molecule has 0 aliphatic rings. The number of nitrogens with one attached hydrogen (secondary N) is 1. The Balaban J connectivity index is 1.84. The molecule has 0 saturated carbocycles. The van der Waals surface area contributed by atoms with Crippen LogP contribution in [0.5, 0.6) is 5.75 Å². The first-order chi connectivity index (χ1) is 9.54. The van der Waals surface area contributed by atoms with Gasteiger partial charge in [-0.1, -0.05) is 19.0 Å². The summed E-state index contributed by atoms with van der Waals surface area (Å²) in [5.41, 5.74) is 6.99. The fraction of sp³-hybridized carbons (Fsp3) is 0.286. The van der Waals surface area contributed by atoms with Crippen molar-refractivity contribution in [1.29, 1.82) is 0 Å². The highest BCUT2D eigenvalue weighted by Crippen LogP contribution is 2.17. The van der Waals surface area contributed by atoms with Crippen LogP contribution >= 0.6 is 0 Å². The molecule has 0 spiro atoms. The van der Waals surface area contributed by atoms with Crippen LogP contribution in [0.1, 0.15) is 25.5 Å².